The largest absolute Gasteiger partial charge is 1.00 e. The van der Waals surface area contributed by atoms with Crippen LogP contribution in [-0.4, -0.2) is 10.2 Å². The first-order chi connectivity index (χ1) is 7.77. The zero-order valence-electron chi connectivity index (χ0n) is 9.75. The maximum atomic E-state index is 3.72. The molecule has 2 aliphatic rings. The van der Waals surface area contributed by atoms with Gasteiger partial charge in [0.2, 0.25) is 0 Å². The summed E-state index contributed by atoms with van der Waals surface area (Å²) in [4.78, 5) is 0.382. The maximum absolute atomic E-state index is 3.72. The van der Waals surface area contributed by atoms with E-state index in [-0.39, 0.29) is 19.5 Å². The fourth-order valence-electron chi connectivity index (χ4n) is 2.25. The number of hydrogen-bond acceptors (Lipinski definition) is 0. The average molecular weight is 444 g/mol. The Kier molecular flexibility index (Phi) is 6.62. The summed E-state index contributed by atoms with van der Waals surface area (Å²) < 4.78 is 0. The Balaban J connectivity index is 0.00000144. The molecule has 0 bridgehead atoms. The van der Waals surface area contributed by atoms with Crippen LogP contribution in [0.4, 0.5) is 0 Å². The molecule has 0 aromatic rings. The Morgan fingerprint density at radius 1 is 1.47 bits per heavy atom. The van der Waals surface area contributed by atoms with Gasteiger partial charge in [-0.2, -0.15) is 11.1 Å². The summed E-state index contributed by atoms with van der Waals surface area (Å²) in [7, 11) is 0. The molecule has 0 N–H and O–H groups in total. The van der Waals surface area contributed by atoms with E-state index in [0.29, 0.717) is 4.83 Å². The molecule has 2 rings (SSSR count). The van der Waals surface area contributed by atoms with Gasteiger partial charge in [-0.05, 0) is 6.42 Å². The molecule has 0 aliphatic heterocycles. The molecule has 0 saturated carbocycles. The zero-order valence-corrected chi connectivity index (χ0v) is 14.7. The molecule has 1 unspecified atom stereocenters. The van der Waals surface area contributed by atoms with Crippen molar-refractivity contribution in [3.63, 3.8) is 0 Å². The molecule has 17 heavy (non-hydrogen) atoms. The number of halogens is 2. The van der Waals surface area contributed by atoms with Crippen LogP contribution >= 0.6 is 31.9 Å². The van der Waals surface area contributed by atoms with Crippen molar-refractivity contribution in [1.82, 2.24) is 0 Å². The topological polar surface area (TPSA) is 0 Å². The zero-order chi connectivity index (χ0) is 11.5. The molecule has 0 aromatic carbocycles. The molecule has 0 heterocycles. The third kappa shape index (κ3) is 3.30. The Morgan fingerprint density at radius 2 is 2.24 bits per heavy atom. The second kappa shape index (κ2) is 7.21. The molecular formula is C14H15Br2Ru. The second-order valence-electron chi connectivity index (χ2n) is 4.05. The maximum Gasteiger partial charge on any atom is 1.00 e. The second-order valence-corrected chi connectivity index (χ2v) is 5.80. The van der Waals surface area contributed by atoms with E-state index in [0.717, 1.165) is 24.6 Å². The standard InChI is InChI=1S/C14H15Br2.Ru/c1-2-10-7-8-12(13(16)9-15)14(10)11-5-3-4-6-11;/h3-5,13H,2,6-7,9H2,1H3;/q-1;+1. The minimum atomic E-state index is 0. The first-order valence-electron chi connectivity index (χ1n) is 5.67. The Labute approximate surface area is 133 Å². The van der Waals surface area contributed by atoms with Crippen molar-refractivity contribution < 1.29 is 19.5 Å². The van der Waals surface area contributed by atoms with Crippen molar-refractivity contribution in [1.29, 1.82) is 0 Å². The van der Waals surface area contributed by atoms with E-state index in [1.54, 1.807) is 0 Å². The number of hydrogen-bond donors (Lipinski definition) is 0. The predicted octanol–water partition coefficient (Wildman–Crippen LogP) is 4.87. The Bertz CT molecular complexity index is 402. The molecule has 0 nitrogen and oxygen atoms in total. The summed E-state index contributed by atoms with van der Waals surface area (Å²) in [6.45, 7) is 2.24. The third-order valence-corrected chi connectivity index (χ3v) is 5.38. The molecule has 93 valence electrons. The molecule has 3 heteroatoms. The van der Waals surface area contributed by atoms with Crippen molar-refractivity contribution in [2.75, 3.05) is 5.33 Å². The summed E-state index contributed by atoms with van der Waals surface area (Å²) in [5.74, 6) is 0. The van der Waals surface area contributed by atoms with Crippen LogP contribution in [0, 0.1) is 6.08 Å². The minimum Gasteiger partial charge on any atom is -0.268 e. The van der Waals surface area contributed by atoms with E-state index < -0.39 is 0 Å². The molecule has 1 atom stereocenters. The molecule has 0 spiro atoms. The summed E-state index contributed by atoms with van der Waals surface area (Å²) in [6.07, 6.45) is 13.4. The van der Waals surface area contributed by atoms with Crippen LogP contribution in [0.25, 0.3) is 0 Å². The van der Waals surface area contributed by atoms with Crippen molar-refractivity contribution >= 4 is 31.9 Å². The molecule has 0 fully saturated rings. The summed E-state index contributed by atoms with van der Waals surface area (Å²) in [5, 5.41) is 0.941. The number of allylic oxidation sites excluding steroid dienone is 8. The average Bonchev–Trinajstić information content (AvgIpc) is 2.95. The van der Waals surface area contributed by atoms with Gasteiger partial charge >= 0.3 is 19.5 Å². The van der Waals surface area contributed by atoms with Crippen LogP contribution in [0.5, 0.6) is 0 Å². The van der Waals surface area contributed by atoms with Crippen LogP contribution in [0.1, 0.15) is 26.2 Å². The van der Waals surface area contributed by atoms with E-state index in [4.69, 9.17) is 0 Å². The predicted molar refractivity (Wildman–Crippen MR) is 77.0 cm³/mol. The van der Waals surface area contributed by atoms with E-state index in [1.807, 2.05) is 0 Å². The van der Waals surface area contributed by atoms with Crippen LogP contribution in [0.3, 0.4) is 0 Å². The van der Waals surface area contributed by atoms with Gasteiger partial charge in [0.15, 0.2) is 0 Å². The van der Waals surface area contributed by atoms with Crippen LogP contribution in [-0.2, 0) is 19.5 Å². The van der Waals surface area contributed by atoms with Crippen molar-refractivity contribution in [3.8, 4) is 0 Å². The first-order valence-corrected chi connectivity index (χ1v) is 7.70. The van der Waals surface area contributed by atoms with Gasteiger partial charge in [0, 0.05) is 10.2 Å². The first kappa shape index (κ1) is 15.6. The van der Waals surface area contributed by atoms with Gasteiger partial charge < -0.3 is 0 Å². The quantitative estimate of drug-likeness (QED) is 0.330. The molecule has 2 aliphatic carbocycles. The fourth-order valence-corrected chi connectivity index (χ4v) is 2.96. The molecular weight excluding hydrogens is 429 g/mol. The number of rotatable bonds is 4. The van der Waals surface area contributed by atoms with Gasteiger partial charge in [0.1, 0.15) is 0 Å². The molecule has 1 radical (unpaired) electrons. The van der Waals surface area contributed by atoms with Crippen LogP contribution < -0.4 is 0 Å². The molecule has 0 amide bonds. The minimum absolute atomic E-state index is 0. The van der Waals surface area contributed by atoms with Gasteiger partial charge in [-0.3, -0.25) is 6.08 Å². The van der Waals surface area contributed by atoms with Crippen LogP contribution in [0.15, 0.2) is 40.5 Å². The SMILES string of the molecule is CCC1=C(C2=CC=CC2)C(C(Br)CBr)=[C-]C1.[Ru+]. The van der Waals surface area contributed by atoms with Crippen LogP contribution in [0.2, 0.25) is 0 Å². The van der Waals surface area contributed by atoms with Gasteiger partial charge in [-0.15, -0.1) is 12.0 Å². The monoisotopic (exact) mass is 443 g/mol. The smallest absolute Gasteiger partial charge is 0.268 e. The van der Waals surface area contributed by atoms with Gasteiger partial charge in [-0.1, -0.05) is 63.4 Å². The summed E-state index contributed by atoms with van der Waals surface area (Å²) in [6, 6.07) is 0. The van der Waals surface area contributed by atoms with E-state index in [1.165, 1.54) is 22.3 Å². The molecule has 0 aromatic heterocycles. The van der Waals surface area contributed by atoms with Gasteiger partial charge in [-0.25, -0.2) is 5.57 Å². The van der Waals surface area contributed by atoms with Gasteiger partial charge in [0.05, 0.1) is 0 Å². The Morgan fingerprint density at radius 3 is 2.76 bits per heavy atom. The van der Waals surface area contributed by atoms with E-state index in [2.05, 4.69) is 63.1 Å². The number of alkyl halides is 2. The fraction of sp³-hybridized carbons (Fsp3) is 0.429. The van der Waals surface area contributed by atoms with Crippen molar-refractivity contribution in [3.05, 3.63) is 46.6 Å². The van der Waals surface area contributed by atoms with Crippen molar-refractivity contribution in [2.45, 2.75) is 31.0 Å². The summed E-state index contributed by atoms with van der Waals surface area (Å²) >= 11 is 7.26. The van der Waals surface area contributed by atoms with E-state index in [9.17, 15) is 0 Å². The van der Waals surface area contributed by atoms with E-state index >= 15 is 0 Å². The summed E-state index contributed by atoms with van der Waals surface area (Å²) in [5.41, 5.74) is 5.81. The third-order valence-electron chi connectivity index (χ3n) is 3.08. The van der Waals surface area contributed by atoms with Crippen molar-refractivity contribution in [2.24, 2.45) is 0 Å². The Hall–Kier alpha value is 0.543. The van der Waals surface area contributed by atoms with Gasteiger partial charge in [0.25, 0.3) is 0 Å². The normalized spacial score (nSPS) is 20.2. The molecule has 0 saturated heterocycles.